The van der Waals surface area contributed by atoms with Gasteiger partial charge in [-0.1, -0.05) is 82.0 Å². The molecule has 0 saturated carbocycles. The van der Waals surface area contributed by atoms with Crippen molar-refractivity contribution < 1.29 is 14.9 Å². The van der Waals surface area contributed by atoms with Crippen LogP contribution >= 0.6 is 0 Å². The minimum atomic E-state index is -0.712. The molecular weight excluding hydrogens is 276 g/mol. The van der Waals surface area contributed by atoms with Gasteiger partial charge in [0, 0.05) is 0 Å². The van der Waals surface area contributed by atoms with Crippen molar-refractivity contribution in [1.29, 1.82) is 0 Å². The molecule has 0 aliphatic carbocycles. The Hall–Kier alpha value is -2.39. The van der Waals surface area contributed by atoms with Gasteiger partial charge in [0.1, 0.15) is 0 Å². The van der Waals surface area contributed by atoms with Crippen LogP contribution in [-0.2, 0) is 10.3 Å². The molecule has 0 radical (unpaired) electrons. The fraction of sp³-hybridized carbons (Fsp3) is 0.211. The monoisotopic (exact) mass is 298 g/mol. The van der Waals surface area contributed by atoms with Crippen LogP contribution in [0.4, 0.5) is 0 Å². The lowest BCUT2D eigenvalue weighted by Gasteiger charge is -2.21. The molecule has 0 atom stereocenters. The molecule has 2 aromatic carbocycles. The van der Waals surface area contributed by atoms with Gasteiger partial charge >= 0.3 is 5.97 Å². The molecule has 3 nitrogen and oxygen atoms in total. The van der Waals surface area contributed by atoms with Gasteiger partial charge in [-0.2, -0.15) is 5.26 Å². The molecular formula is C19H22O3. The lowest BCUT2D eigenvalue weighted by Crippen LogP contribution is -2.17. The Bertz CT molecular complexity index is 610. The van der Waals surface area contributed by atoms with Crippen molar-refractivity contribution >= 4 is 12.0 Å². The third-order valence-corrected chi connectivity index (χ3v) is 3.07. The van der Waals surface area contributed by atoms with E-state index in [2.05, 4.69) is 11.5 Å². The molecule has 0 aliphatic rings. The zero-order chi connectivity index (χ0) is 16.6. The summed E-state index contributed by atoms with van der Waals surface area (Å²) in [6.45, 7) is 9.62. The molecule has 22 heavy (non-hydrogen) atoms. The van der Waals surface area contributed by atoms with Gasteiger partial charge in [-0.25, -0.2) is 4.79 Å². The Morgan fingerprint density at radius 3 is 2.05 bits per heavy atom. The molecule has 0 fully saturated rings. The van der Waals surface area contributed by atoms with Crippen LogP contribution in [0.1, 0.15) is 42.3 Å². The summed E-state index contributed by atoms with van der Waals surface area (Å²) in [7, 11) is 0. The number of hydrogen-bond acceptors (Lipinski definition) is 3. The topological polar surface area (TPSA) is 46.5 Å². The largest absolute Gasteiger partial charge is 0.373 e. The zero-order valence-corrected chi connectivity index (χ0v) is 13.2. The van der Waals surface area contributed by atoms with Gasteiger partial charge < -0.3 is 0 Å². The molecule has 0 saturated heterocycles. The lowest BCUT2D eigenvalue weighted by molar-refractivity contribution is -0.182. The molecule has 116 valence electrons. The average Bonchev–Trinajstić information content (AvgIpc) is 2.54. The van der Waals surface area contributed by atoms with Crippen molar-refractivity contribution in [3.8, 4) is 0 Å². The van der Waals surface area contributed by atoms with Gasteiger partial charge in [0.15, 0.2) is 0 Å². The Morgan fingerprint density at radius 2 is 1.59 bits per heavy atom. The van der Waals surface area contributed by atoms with Crippen molar-refractivity contribution in [3.63, 3.8) is 0 Å². The molecule has 0 unspecified atom stereocenters. The lowest BCUT2D eigenvalue weighted by atomic mass is 9.84. The fourth-order valence-corrected chi connectivity index (χ4v) is 1.95. The predicted octanol–water partition coefficient (Wildman–Crippen LogP) is 4.94. The van der Waals surface area contributed by atoms with E-state index in [9.17, 15) is 4.79 Å². The van der Waals surface area contributed by atoms with Gasteiger partial charge in [0.05, 0.1) is 5.56 Å². The van der Waals surface area contributed by atoms with E-state index >= 15 is 0 Å². The molecule has 2 rings (SSSR count). The van der Waals surface area contributed by atoms with Crippen LogP contribution < -0.4 is 0 Å². The minimum Gasteiger partial charge on any atom is -0.295 e. The summed E-state index contributed by atoms with van der Waals surface area (Å²) in [6, 6.07) is 17.1. The van der Waals surface area contributed by atoms with Crippen molar-refractivity contribution in [1.82, 2.24) is 0 Å². The first kappa shape index (κ1) is 17.7. The van der Waals surface area contributed by atoms with Crippen molar-refractivity contribution in [2.75, 3.05) is 0 Å². The SMILES string of the molecule is C=Cc1ccccc1.CC(C)(C)c1ccccc1C(=O)OO. The summed E-state index contributed by atoms with van der Waals surface area (Å²) < 4.78 is 0. The number of carbonyl (C=O) groups excluding carboxylic acids is 1. The Labute approximate surface area is 131 Å². The van der Waals surface area contributed by atoms with E-state index in [0.29, 0.717) is 5.56 Å². The van der Waals surface area contributed by atoms with Gasteiger partial charge in [0.25, 0.3) is 0 Å². The summed E-state index contributed by atoms with van der Waals surface area (Å²) in [4.78, 5) is 14.9. The molecule has 0 heterocycles. The third kappa shape index (κ3) is 5.19. The molecule has 3 heteroatoms. The Morgan fingerprint density at radius 1 is 1.05 bits per heavy atom. The third-order valence-electron chi connectivity index (χ3n) is 3.07. The highest BCUT2D eigenvalue weighted by molar-refractivity contribution is 5.91. The maximum Gasteiger partial charge on any atom is 0.373 e. The summed E-state index contributed by atoms with van der Waals surface area (Å²) >= 11 is 0. The highest BCUT2D eigenvalue weighted by Crippen LogP contribution is 2.25. The molecule has 0 aliphatic heterocycles. The van der Waals surface area contributed by atoms with Crippen LogP contribution in [0.2, 0.25) is 0 Å². The maximum atomic E-state index is 11.2. The second-order valence-corrected chi connectivity index (χ2v) is 5.79. The van der Waals surface area contributed by atoms with E-state index in [1.54, 1.807) is 12.1 Å². The number of carbonyl (C=O) groups is 1. The van der Waals surface area contributed by atoms with Crippen molar-refractivity contribution in [3.05, 3.63) is 77.9 Å². The van der Waals surface area contributed by atoms with Crippen LogP contribution in [-0.4, -0.2) is 11.2 Å². The van der Waals surface area contributed by atoms with E-state index in [1.165, 1.54) is 5.56 Å². The van der Waals surface area contributed by atoms with E-state index in [4.69, 9.17) is 5.26 Å². The molecule has 0 bridgehead atoms. The summed E-state index contributed by atoms with van der Waals surface area (Å²) in [5, 5.41) is 8.33. The first-order chi connectivity index (χ1) is 10.4. The molecule has 0 amide bonds. The van der Waals surface area contributed by atoms with E-state index < -0.39 is 5.97 Å². The van der Waals surface area contributed by atoms with Crippen LogP contribution in [0.3, 0.4) is 0 Å². The number of hydrogen-bond donors (Lipinski definition) is 1. The molecule has 0 spiro atoms. The highest BCUT2D eigenvalue weighted by Gasteiger charge is 2.21. The van der Waals surface area contributed by atoms with Crippen LogP contribution in [0.5, 0.6) is 0 Å². The van der Waals surface area contributed by atoms with E-state index in [-0.39, 0.29) is 5.41 Å². The molecule has 0 aromatic heterocycles. The van der Waals surface area contributed by atoms with Crippen molar-refractivity contribution in [2.45, 2.75) is 26.2 Å². The van der Waals surface area contributed by atoms with Crippen molar-refractivity contribution in [2.24, 2.45) is 0 Å². The predicted molar refractivity (Wildman–Crippen MR) is 89.7 cm³/mol. The minimum absolute atomic E-state index is 0.148. The maximum absolute atomic E-state index is 11.2. The van der Waals surface area contributed by atoms with Gasteiger partial charge in [-0.15, -0.1) is 0 Å². The first-order valence-electron chi connectivity index (χ1n) is 7.03. The zero-order valence-electron chi connectivity index (χ0n) is 13.2. The van der Waals surface area contributed by atoms with E-state index in [0.717, 1.165) is 5.56 Å². The summed E-state index contributed by atoms with van der Waals surface area (Å²) in [5.41, 5.74) is 2.29. The smallest absolute Gasteiger partial charge is 0.295 e. The number of rotatable bonds is 2. The van der Waals surface area contributed by atoms with Crippen LogP contribution in [0, 0.1) is 0 Å². The fourth-order valence-electron chi connectivity index (χ4n) is 1.95. The number of benzene rings is 2. The van der Waals surface area contributed by atoms with Crippen LogP contribution in [0.15, 0.2) is 61.2 Å². The van der Waals surface area contributed by atoms with Crippen LogP contribution in [0.25, 0.3) is 6.08 Å². The summed E-state index contributed by atoms with van der Waals surface area (Å²) in [6.07, 6.45) is 1.83. The quantitative estimate of drug-likeness (QED) is 0.630. The van der Waals surface area contributed by atoms with Gasteiger partial charge in [0.2, 0.25) is 0 Å². The standard InChI is InChI=1S/C11H14O3.C8H8/c1-11(2,3)9-7-5-4-6-8(9)10(12)14-13;1-2-8-6-4-3-5-7-8/h4-7,13H,1-3H3;2-7H,1H2. The van der Waals surface area contributed by atoms with E-state index in [1.807, 2.05) is 69.3 Å². The second-order valence-electron chi connectivity index (χ2n) is 5.79. The Kier molecular flexibility index (Phi) is 6.54. The average molecular weight is 298 g/mol. The summed E-state index contributed by atoms with van der Waals surface area (Å²) in [5.74, 6) is -0.712. The van der Waals surface area contributed by atoms with Gasteiger partial charge in [-0.3, -0.25) is 4.89 Å². The highest BCUT2D eigenvalue weighted by atomic mass is 17.1. The molecule has 1 N–H and O–H groups in total. The Balaban J connectivity index is 0.000000255. The second kappa shape index (κ2) is 8.15. The first-order valence-corrected chi connectivity index (χ1v) is 7.03. The normalized spacial score (nSPS) is 10.2. The molecule has 2 aromatic rings. The van der Waals surface area contributed by atoms with Gasteiger partial charge in [-0.05, 0) is 22.6 Å².